The van der Waals surface area contributed by atoms with Crippen molar-refractivity contribution in [1.82, 2.24) is 14.9 Å². The zero-order valence-electron chi connectivity index (χ0n) is 25.5. The lowest BCUT2D eigenvalue weighted by Crippen LogP contribution is -2.44. The molecule has 0 radical (unpaired) electrons. The highest BCUT2D eigenvalue weighted by molar-refractivity contribution is 6.06. The van der Waals surface area contributed by atoms with Crippen LogP contribution < -0.4 is 25.6 Å². The molecule has 1 unspecified atom stereocenters. The van der Waals surface area contributed by atoms with E-state index in [0.717, 1.165) is 62.9 Å². The van der Waals surface area contributed by atoms with E-state index in [-0.39, 0.29) is 30.3 Å². The van der Waals surface area contributed by atoms with Gasteiger partial charge in [0.25, 0.3) is 0 Å². The maximum Gasteiger partial charge on any atom is 0.421 e. The number of piperidine rings is 1. The first-order valence-corrected chi connectivity index (χ1v) is 15.2. The molecule has 1 atom stereocenters. The van der Waals surface area contributed by atoms with Crippen LogP contribution in [-0.4, -0.2) is 71.3 Å². The Balaban J connectivity index is 1.18. The summed E-state index contributed by atoms with van der Waals surface area (Å²) in [6.45, 7) is 7.02. The molecule has 13 heteroatoms. The average Bonchev–Trinajstić information content (AvgIpc) is 3.55. The van der Waals surface area contributed by atoms with Crippen molar-refractivity contribution < 1.29 is 27.8 Å². The molecule has 10 nitrogen and oxygen atoms in total. The third-order valence-corrected chi connectivity index (χ3v) is 9.10. The Hall–Kier alpha value is -4.10. The fraction of sp³-hybridized carbons (Fsp3) is 0.469. The van der Waals surface area contributed by atoms with E-state index in [4.69, 9.17) is 4.74 Å². The fourth-order valence-electron chi connectivity index (χ4n) is 6.63. The number of anilines is 5. The lowest BCUT2D eigenvalue weighted by molar-refractivity contribution is -0.137. The van der Waals surface area contributed by atoms with Crippen LogP contribution in [0.1, 0.15) is 49.8 Å². The molecule has 4 heterocycles. The SMILES string of the molecule is COc1cc(N2CCC(N3CCC(O)C3)CC2)ccc1Nc1ncc(C(F)(F)F)c(NCc2cccc3c2C(C)(C)C(=O)N3)n1. The minimum Gasteiger partial charge on any atom is -0.494 e. The average molecular weight is 626 g/mol. The van der Waals surface area contributed by atoms with Gasteiger partial charge in [0, 0.05) is 62.4 Å². The lowest BCUT2D eigenvalue weighted by Gasteiger charge is -2.38. The maximum atomic E-state index is 14.0. The van der Waals surface area contributed by atoms with Gasteiger partial charge in [-0.1, -0.05) is 12.1 Å². The second kappa shape index (κ2) is 12.0. The number of carbonyl (C=O) groups is 1. The van der Waals surface area contributed by atoms with Gasteiger partial charge in [-0.05, 0) is 62.4 Å². The molecule has 0 saturated carbocycles. The number of halogens is 3. The topological polar surface area (TPSA) is 115 Å². The monoisotopic (exact) mass is 625 g/mol. The molecule has 1 aromatic heterocycles. The quantitative estimate of drug-likeness (QED) is 0.271. The van der Waals surface area contributed by atoms with Gasteiger partial charge >= 0.3 is 6.18 Å². The molecule has 1 amide bonds. The Kier molecular flexibility index (Phi) is 8.25. The third kappa shape index (κ3) is 6.23. The molecule has 2 saturated heterocycles. The van der Waals surface area contributed by atoms with Gasteiger partial charge in [0.1, 0.15) is 17.1 Å². The highest BCUT2D eigenvalue weighted by Crippen LogP contribution is 2.41. The number of hydrogen-bond acceptors (Lipinski definition) is 9. The number of amides is 1. The zero-order valence-corrected chi connectivity index (χ0v) is 25.5. The van der Waals surface area contributed by atoms with E-state index in [1.807, 2.05) is 18.2 Å². The summed E-state index contributed by atoms with van der Waals surface area (Å²) >= 11 is 0. The summed E-state index contributed by atoms with van der Waals surface area (Å²) in [7, 11) is 1.54. The number of ether oxygens (including phenoxy) is 1. The van der Waals surface area contributed by atoms with Crippen molar-refractivity contribution >= 4 is 34.7 Å². The summed E-state index contributed by atoms with van der Waals surface area (Å²) in [5.74, 6) is -0.0615. The van der Waals surface area contributed by atoms with Crippen LogP contribution in [0.25, 0.3) is 0 Å². The van der Waals surface area contributed by atoms with Crippen molar-refractivity contribution in [2.75, 3.05) is 54.1 Å². The summed E-state index contributed by atoms with van der Waals surface area (Å²) in [4.78, 5) is 25.3. The Morgan fingerprint density at radius 2 is 1.91 bits per heavy atom. The van der Waals surface area contributed by atoms with Crippen LogP contribution in [0.5, 0.6) is 5.75 Å². The number of rotatable bonds is 8. The van der Waals surface area contributed by atoms with Crippen LogP contribution in [0.15, 0.2) is 42.6 Å². The number of β-amino-alcohol motifs (C(OH)–C–C–N with tert-alkyl or cyclic N) is 1. The molecule has 6 rings (SSSR count). The molecule has 3 aliphatic rings. The van der Waals surface area contributed by atoms with Crippen LogP contribution in [0, 0.1) is 0 Å². The molecule has 3 aromatic rings. The summed E-state index contributed by atoms with van der Waals surface area (Å²) < 4.78 is 47.5. The summed E-state index contributed by atoms with van der Waals surface area (Å²) in [5.41, 5.74) is 1.76. The Labute approximate surface area is 260 Å². The van der Waals surface area contributed by atoms with E-state index < -0.39 is 17.2 Å². The van der Waals surface area contributed by atoms with Crippen LogP contribution in [0.4, 0.5) is 42.0 Å². The van der Waals surface area contributed by atoms with Gasteiger partial charge in [-0.15, -0.1) is 0 Å². The standard InChI is InChI=1S/C32H38F3N7O3/c1-31(2)27-19(5-4-6-25(27)38-29(31)44)16-36-28-23(32(33,34)35)17-37-30(40-28)39-24-8-7-21(15-26(24)45-3)41-12-9-20(10-13-41)42-14-11-22(43)18-42/h4-8,15,17,20,22,43H,9-14,16,18H2,1-3H3,(H,38,44)(H2,36,37,39,40). The number of nitrogens with one attached hydrogen (secondary N) is 3. The van der Waals surface area contributed by atoms with Crippen molar-refractivity contribution in [3.05, 3.63) is 59.3 Å². The lowest BCUT2D eigenvalue weighted by atomic mass is 9.83. The number of aliphatic hydroxyl groups excluding tert-OH is 1. The largest absolute Gasteiger partial charge is 0.494 e. The molecule has 240 valence electrons. The van der Waals surface area contributed by atoms with Gasteiger partial charge in [0.05, 0.1) is 24.3 Å². The predicted octanol–water partition coefficient (Wildman–Crippen LogP) is 5.12. The van der Waals surface area contributed by atoms with Crippen molar-refractivity contribution in [3.8, 4) is 5.75 Å². The van der Waals surface area contributed by atoms with Crippen LogP contribution in [0.2, 0.25) is 0 Å². The van der Waals surface area contributed by atoms with E-state index in [1.165, 1.54) is 7.11 Å². The Morgan fingerprint density at radius 3 is 2.60 bits per heavy atom. The number of hydrogen-bond donors (Lipinski definition) is 4. The molecule has 0 aliphatic carbocycles. The van der Waals surface area contributed by atoms with Crippen molar-refractivity contribution in [3.63, 3.8) is 0 Å². The predicted molar refractivity (Wildman–Crippen MR) is 166 cm³/mol. The smallest absolute Gasteiger partial charge is 0.421 e. The number of nitrogens with zero attached hydrogens (tertiary/aromatic N) is 4. The second-order valence-corrected chi connectivity index (χ2v) is 12.4. The second-order valence-electron chi connectivity index (χ2n) is 12.4. The zero-order chi connectivity index (χ0) is 31.9. The normalized spacial score (nSPS) is 20.2. The molecule has 0 bridgehead atoms. The van der Waals surface area contributed by atoms with Gasteiger partial charge in [-0.2, -0.15) is 18.2 Å². The summed E-state index contributed by atoms with van der Waals surface area (Å²) in [6.07, 6.45) is -1.32. The van der Waals surface area contributed by atoms with Crippen molar-refractivity contribution in [1.29, 1.82) is 0 Å². The van der Waals surface area contributed by atoms with E-state index in [9.17, 15) is 23.1 Å². The van der Waals surface area contributed by atoms with Gasteiger partial charge in [-0.3, -0.25) is 9.69 Å². The number of aliphatic hydroxyl groups is 1. The first-order chi connectivity index (χ1) is 21.4. The molecular weight excluding hydrogens is 587 g/mol. The van der Waals surface area contributed by atoms with Gasteiger partial charge in [0.2, 0.25) is 11.9 Å². The summed E-state index contributed by atoms with van der Waals surface area (Å²) in [6, 6.07) is 11.4. The van der Waals surface area contributed by atoms with E-state index >= 15 is 0 Å². The van der Waals surface area contributed by atoms with Gasteiger partial charge in [0.15, 0.2) is 0 Å². The first-order valence-electron chi connectivity index (χ1n) is 15.2. The number of benzene rings is 2. The highest BCUT2D eigenvalue weighted by atomic mass is 19.4. The minimum absolute atomic E-state index is 0.0220. The molecule has 45 heavy (non-hydrogen) atoms. The number of alkyl halides is 3. The van der Waals surface area contributed by atoms with Crippen molar-refractivity contribution in [2.24, 2.45) is 0 Å². The van der Waals surface area contributed by atoms with E-state index in [0.29, 0.717) is 28.7 Å². The highest BCUT2D eigenvalue weighted by Gasteiger charge is 2.40. The molecule has 4 N–H and O–H groups in total. The number of aromatic nitrogens is 2. The first kappa shape index (κ1) is 30.9. The van der Waals surface area contributed by atoms with E-state index in [2.05, 4.69) is 35.7 Å². The summed E-state index contributed by atoms with van der Waals surface area (Å²) in [5, 5.41) is 18.6. The van der Waals surface area contributed by atoms with E-state index in [1.54, 1.807) is 32.0 Å². The molecule has 3 aliphatic heterocycles. The van der Waals surface area contributed by atoms with Crippen LogP contribution in [-0.2, 0) is 22.9 Å². The number of fused-ring (bicyclic) bond motifs is 1. The van der Waals surface area contributed by atoms with Crippen molar-refractivity contribution in [2.45, 2.75) is 63.4 Å². The van der Waals surface area contributed by atoms with Gasteiger partial charge in [-0.25, -0.2) is 4.98 Å². The van der Waals surface area contributed by atoms with Crippen LogP contribution in [0.3, 0.4) is 0 Å². The maximum absolute atomic E-state index is 14.0. The Bertz CT molecular complexity index is 1570. The molecule has 2 aromatic carbocycles. The number of carbonyl (C=O) groups excluding carboxylic acids is 1. The number of likely N-dealkylation sites (tertiary alicyclic amines) is 1. The number of methoxy groups -OCH3 is 1. The van der Waals surface area contributed by atoms with Crippen LogP contribution >= 0.6 is 0 Å². The molecular formula is C32H38F3N7O3. The molecule has 2 fully saturated rings. The molecule has 0 spiro atoms. The third-order valence-electron chi connectivity index (χ3n) is 9.10. The fourth-order valence-corrected chi connectivity index (χ4v) is 6.63. The Morgan fingerprint density at radius 1 is 1.13 bits per heavy atom. The van der Waals surface area contributed by atoms with Gasteiger partial charge < -0.3 is 30.7 Å². The minimum atomic E-state index is -4.68.